The van der Waals surface area contributed by atoms with Gasteiger partial charge in [0.1, 0.15) is 0 Å². The zero-order valence-corrected chi connectivity index (χ0v) is 34.5. The molecule has 0 saturated carbocycles. The van der Waals surface area contributed by atoms with E-state index in [1.807, 2.05) is 47.7 Å². The van der Waals surface area contributed by atoms with Crippen LogP contribution in [-0.2, 0) is 10.8 Å². The first-order chi connectivity index (χ1) is 28.0. The molecule has 3 aromatic heterocycles. The molecular weight excluding hydrogens is 725 g/mol. The van der Waals surface area contributed by atoms with Crippen LogP contribution in [-0.4, -0.2) is 19.5 Å². The van der Waals surface area contributed by atoms with E-state index in [0.29, 0.717) is 17.5 Å². The number of fused-ring (bicyclic) bond motifs is 6. The molecule has 5 heteroatoms. The van der Waals surface area contributed by atoms with Crippen LogP contribution in [0.25, 0.3) is 93.0 Å². The smallest absolute Gasteiger partial charge is 0.166 e. The highest BCUT2D eigenvalue weighted by Crippen LogP contribution is 2.44. The molecule has 10 aromatic rings. The van der Waals surface area contributed by atoms with E-state index < -0.39 is 0 Å². The first kappa shape index (κ1) is 35.9. The zero-order valence-electron chi connectivity index (χ0n) is 33.7. The molecular formula is C53H44N4S. The Bertz CT molecular complexity index is 3050. The predicted octanol–water partition coefficient (Wildman–Crippen LogP) is 14.6. The van der Waals surface area contributed by atoms with Gasteiger partial charge in [0, 0.05) is 47.6 Å². The molecule has 0 fully saturated rings. The zero-order chi connectivity index (χ0) is 39.8. The van der Waals surface area contributed by atoms with E-state index in [1.165, 1.54) is 47.6 Å². The van der Waals surface area contributed by atoms with Gasteiger partial charge in [0.2, 0.25) is 0 Å². The Morgan fingerprint density at radius 1 is 0.414 bits per heavy atom. The van der Waals surface area contributed by atoms with E-state index in [1.54, 1.807) is 0 Å². The largest absolute Gasteiger partial charge is 0.308 e. The fraction of sp³-hybridized carbons (Fsp3) is 0.151. The van der Waals surface area contributed by atoms with Gasteiger partial charge in [-0.2, -0.15) is 0 Å². The molecule has 0 atom stereocenters. The van der Waals surface area contributed by atoms with Crippen molar-refractivity contribution in [2.75, 3.05) is 0 Å². The van der Waals surface area contributed by atoms with Gasteiger partial charge in [0.15, 0.2) is 17.5 Å². The lowest BCUT2D eigenvalue weighted by molar-refractivity contribution is 0.591. The molecule has 0 aliphatic rings. The van der Waals surface area contributed by atoms with Crippen molar-refractivity contribution in [3.63, 3.8) is 0 Å². The number of hydrogen-bond donors (Lipinski definition) is 0. The summed E-state index contributed by atoms with van der Waals surface area (Å²) in [6, 6.07) is 56.8. The van der Waals surface area contributed by atoms with Crippen molar-refractivity contribution in [2.24, 2.45) is 0 Å². The summed E-state index contributed by atoms with van der Waals surface area (Å²) in [5, 5.41) is 4.99. The number of benzene rings is 7. The van der Waals surface area contributed by atoms with Gasteiger partial charge in [-0.1, -0.05) is 163 Å². The minimum Gasteiger partial charge on any atom is -0.308 e. The third-order valence-corrected chi connectivity index (χ3v) is 12.5. The van der Waals surface area contributed by atoms with E-state index >= 15 is 0 Å². The minimum atomic E-state index is -0.0376. The van der Waals surface area contributed by atoms with Crippen molar-refractivity contribution < 1.29 is 0 Å². The maximum absolute atomic E-state index is 5.35. The maximum Gasteiger partial charge on any atom is 0.166 e. The molecule has 10 rings (SSSR count). The summed E-state index contributed by atoms with van der Waals surface area (Å²) < 4.78 is 5.02. The van der Waals surface area contributed by atoms with Crippen LogP contribution < -0.4 is 0 Å². The molecule has 0 radical (unpaired) electrons. The molecule has 3 heterocycles. The second kappa shape index (κ2) is 13.6. The molecule has 0 unspecified atom stereocenters. The van der Waals surface area contributed by atoms with Gasteiger partial charge in [-0.05, 0) is 69.5 Å². The number of rotatable bonds is 5. The van der Waals surface area contributed by atoms with Crippen LogP contribution in [0.15, 0.2) is 158 Å². The molecule has 0 aliphatic heterocycles. The fourth-order valence-corrected chi connectivity index (χ4v) is 9.37. The van der Waals surface area contributed by atoms with Crippen LogP contribution in [0, 0.1) is 0 Å². The Kier molecular flexibility index (Phi) is 8.43. The van der Waals surface area contributed by atoms with Crippen LogP contribution in [0.1, 0.15) is 52.7 Å². The van der Waals surface area contributed by atoms with Gasteiger partial charge in [-0.15, -0.1) is 11.3 Å². The van der Waals surface area contributed by atoms with E-state index in [9.17, 15) is 0 Å². The average molecular weight is 769 g/mol. The Morgan fingerprint density at radius 3 is 1.53 bits per heavy atom. The van der Waals surface area contributed by atoms with Gasteiger partial charge >= 0.3 is 0 Å². The predicted molar refractivity (Wildman–Crippen MR) is 246 cm³/mol. The minimum absolute atomic E-state index is 0.0376. The Balaban J connectivity index is 1.33. The highest BCUT2D eigenvalue weighted by molar-refractivity contribution is 7.25. The lowest BCUT2D eigenvalue weighted by Gasteiger charge is -2.21. The second-order valence-corrected chi connectivity index (χ2v) is 18.4. The first-order valence-corrected chi connectivity index (χ1v) is 20.8. The van der Waals surface area contributed by atoms with Gasteiger partial charge in [-0.3, -0.25) is 0 Å². The average Bonchev–Trinajstić information content (AvgIpc) is 3.78. The molecule has 58 heavy (non-hydrogen) atoms. The highest BCUT2D eigenvalue weighted by Gasteiger charge is 2.24. The number of aromatic nitrogens is 4. The van der Waals surface area contributed by atoms with Crippen molar-refractivity contribution in [3.05, 3.63) is 169 Å². The van der Waals surface area contributed by atoms with Crippen molar-refractivity contribution in [2.45, 2.75) is 52.4 Å². The molecule has 282 valence electrons. The van der Waals surface area contributed by atoms with Gasteiger partial charge < -0.3 is 4.57 Å². The third-order valence-electron chi connectivity index (χ3n) is 11.4. The highest BCUT2D eigenvalue weighted by atomic mass is 32.1. The summed E-state index contributed by atoms with van der Waals surface area (Å²) in [5.74, 6) is 1.90. The van der Waals surface area contributed by atoms with Crippen LogP contribution in [0.3, 0.4) is 0 Å². The number of hydrogen-bond acceptors (Lipinski definition) is 4. The van der Waals surface area contributed by atoms with Gasteiger partial charge in [-0.25, -0.2) is 15.0 Å². The van der Waals surface area contributed by atoms with Gasteiger partial charge in [0.25, 0.3) is 0 Å². The van der Waals surface area contributed by atoms with Crippen LogP contribution in [0.2, 0.25) is 0 Å². The molecule has 0 aliphatic carbocycles. The third kappa shape index (κ3) is 6.18. The SMILES string of the molecule is CC(C)(C)c1ccc2c3ccc(C(C)(C)C)cc3n(-c3ccc(-c4cccc5sc6ccccc6c45)cc3-c3nc(-c4ccccc4)nc(-c4ccccc4)n3)c2c1. The normalized spacial score (nSPS) is 12.3. The molecule has 0 amide bonds. The fourth-order valence-electron chi connectivity index (χ4n) is 8.23. The molecule has 7 aromatic carbocycles. The lowest BCUT2D eigenvalue weighted by Crippen LogP contribution is -2.11. The Labute approximate surface area is 343 Å². The van der Waals surface area contributed by atoms with Crippen molar-refractivity contribution >= 4 is 53.3 Å². The number of nitrogens with zero attached hydrogens (tertiary/aromatic N) is 4. The molecule has 0 bridgehead atoms. The van der Waals surface area contributed by atoms with Crippen LogP contribution in [0.5, 0.6) is 0 Å². The standard InChI is InChI=1S/C53H44N4S/c1-52(2,3)36-25-27-39-40-28-26-37(53(4,5)6)32-45(40)57(44(39)31-36)43-29-24-35(38-21-15-23-47-48(38)41-20-13-14-22-46(41)58-47)30-42(43)51-55-49(33-16-9-7-10-17-33)54-50(56-51)34-18-11-8-12-19-34/h7-32H,1-6H3. The Morgan fingerprint density at radius 2 is 0.948 bits per heavy atom. The maximum atomic E-state index is 5.35. The van der Waals surface area contributed by atoms with E-state index in [2.05, 4.69) is 167 Å². The van der Waals surface area contributed by atoms with Crippen molar-refractivity contribution in [1.82, 2.24) is 19.5 Å². The monoisotopic (exact) mass is 768 g/mol. The molecule has 0 N–H and O–H groups in total. The summed E-state index contributed by atoms with van der Waals surface area (Å²) >= 11 is 1.84. The van der Waals surface area contributed by atoms with E-state index in [4.69, 9.17) is 15.0 Å². The topological polar surface area (TPSA) is 43.6 Å². The van der Waals surface area contributed by atoms with Crippen molar-refractivity contribution in [1.29, 1.82) is 0 Å². The van der Waals surface area contributed by atoms with Crippen LogP contribution in [0.4, 0.5) is 0 Å². The molecule has 0 spiro atoms. The summed E-state index contributed by atoms with van der Waals surface area (Å²) in [4.78, 5) is 15.8. The molecule has 4 nitrogen and oxygen atoms in total. The summed E-state index contributed by atoms with van der Waals surface area (Å²) in [7, 11) is 0. The summed E-state index contributed by atoms with van der Waals surface area (Å²) in [5.41, 5.74) is 11.0. The van der Waals surface area contributed by atoms with E-state index in [0.717, 1.165) is 39.0 Å². The summed E-state index contributed by atoms with van der Waals surface area (Å²) in [6.45, 7) is 13.7. The number of thiophene rings is 1. The van der Waals surface area contributed by atoms with Crippen LogP contribution >= 0.6 is 11.3 Å². The second-order valence-electron chi connectivity index (χ2n) is 17.3. The lowest BCUT2D eigenvalue weighted by atomic mass is 9.86. The first-order valence-electron chi connectivity index (χ1n) is 20.0. The summed E-state index contributed by atoms with van der Waals surface area (Å²) in [6.07, 6.45) is 0. The van der Waals surface area contributed by atoms with Gasteiger partial charge in [0.05, 0.1) is 16.7 Å². The van der Waals surface area contributed by atoms with E-state index in [-0.39, 0.29) is 10.8 Å². The molecule has 0 saturated heterocycles. The van der Waals surface area contributed by atoms with Crippen molar-refractivity contribution in [3.8, 4) is 51.0 Å². The quantitative estimate of drug-likeness (QED) is 0.175. The Hall–Kier alpha value is -6.43.